The molecule has 104 valence electrons. The van der Waals surface area contributed by atoms with Gasteiger partial charge in [0.1, 0.15) is 0 Å². The molecule has 0 radical (unpaired) electrons. The Balaban J connectivity index is 2.39. The molecule has 0 aliphatic heterocycles. The van der Waals surface area contributed by atoms with Crippen molar-refractivity contribution in [2.24, 2.45) is 0 Å². The Morgan fingerprint density at radius 3 is 2.50 bits per heavy atom. The second-order valence-electron chi connectivity index (χ2n) is 4.38. The molecule has 0 spiro atoms. The van der Waals surface area contributed by atoms with Crippen molar-refractivity contribution >= 4 is 5.78 Å². The van der Waals surface area contributed by atoms with Crippen LogP contribution in [0.1, 0.15) is 28.9 Å². The van der Waals surface area contributed by atoms with Crippen LogP contribution < -0.4 is 9.47 Å². The summed E-state index contributed by atoms with van der Waals surface area (Å²) >= 11 is 0. The van der Waals surface area contributed by atoms with Gasteiger partial charge in [0, 0.05) is 6.20 Å². The fourth-order valence-corrected chi connectivity index (χ4v) is 2.08. The van der Waals surface area contributed by atoms with E-state index in [2.05, 4.69) is 4.98 Å². The van der Waals surface area contributed by atoms with Crippen molar-refractivity contribution in [2.45, 2.75) is 12.8 Å². The molecule has 0 saturated heterocycles. The van der Waals surface area contributed by atoms with Crippen LogP contribution in [0.3, 0.4) is 0 Å². The first-order valence-electron chi connectivity index (χ1n) is 6.35. The van der Waals surface area contributed by atoms with Crippen molar-refractivity contribution in [1.29, 1.82) is 0 Å². The van der Waals surface area contributed by atoms with Crippen LogP contribution in [0.2, 0.25) is 0 Å². The van der Waals surface area contributed by atoms with Gasteiger partial charge in [-0.25, -0.2) is 0 Å². The molecular formula is C16H17NO3. The zero-order valence-corrected chi connectivity index (χ0v) is 11.8. The third-order valence-corrected chi connectivity index (χ3v) is 3.19. The summed E-state index contributed by atoms with van der Waals surface area (Å²) in [6, 6.07) is 10.8. The number of carbonyl (C=O) groups excluding carboxylic acids is 1. The van der Waals surface area contributed by atoms with Gasteiger partial charge in [-0.05, 0) is 31.2 Å². The number of methoxy groups -OCH3 is 2. The molecule has 1 aromatic carbocycles. The van der Waals surface area contributed by atoms with E-state index in [0.717, 1.165) is 5.69 Å². The van der Waals surface area contributed by atoms with Gasteiger partial charge < -0.3 is 9.47 Å². The van der Waals surface area contributed by atoms with E-state index in [-0.39, 0.29) is 11.7 Å². The van der Waals surface area contributed by atoms with E-state index in [9.17, 15) is 4.79 Å². The summed E-state index contributed by atoms with van der Waals surface area (Å²) in [6.07, 6.45) is 1.68. The average molecular weight is 271 g/mol. The molecule has 20 heavy (non-hydrogen) atoms. The van der Waals surface area contributed by atoms with Crippen LogP contribution in [0.15, 0.2) is 42.6 Å². The fraction of sp³-hybridized carbons (Fsp3) is 0.250. The number of benzene rings is 1. The van der Waals surface area contributed by atoms with E-state index >= 15 is 0 Å². The Bertz CT molecular complexity index is 596. The number of hydrogen-bond donors (Lipinski definition) is 0. The maximum atomic E-state index is 12.6. The SMILES string of the molecule is COc1cccc(C(=O)C(C)c2ccccn2)c1OC. The van der Waals surface area contributed by atoms with Crippen molar-refractivity contribution in [1.82, 2.24) is 4.98 Å². The Kier molecular flexibility index (Phi) is 4.35. The Labute approximate surface area is 118 Å². The first kappa shape index (κ1) is 14.1. The molecule has 1 heterocycles. The lowest BCUT2D eigenvalue weighted by molar-refractivity contribution is 0.0961. The summed E-state index contributed by atoms with van der Waals surface area (Å²) in [4.78, 5) is 16.8. The lowest BCUT2D eigenvalue weighted by Crippen LogP contribution is -2.12. The smallest absolute Gasteiger partial charge is 0.175 e. The van der Waals surface area contributed by atoms with Crippen molar-refractivity contribution in [3.63, 3.8) is 0 Å². The predicted molar refractivity (Wildman–Crippen MR) is 76.5 cm³/mol. The van der Waals surface area contributed by atoms with Crippen LogP contribution in [0.4, 0.5) is 0 Å². The second-order valence-corrected chi connectivity index (χ2v) is 4.38. The van der Waals surface area contributed by atoms with Crippen molar-refractivity contribution in [2.75, 3.05) is 14.2 Å². The number of carbonyl (C=O) groups is 1. The van der Waals surface area contributed by atoms with Crippen LogP contribution in [0.25, 0.3) is 0 Å². The van der Waals surface area contributed by atoms with Gasteiger partial charge in [0.05, 0.1) is 31.4 Å². The molecule has 0 N–H and O–H groups in total. The van der Waals surface area contributed by atoms with Gasteiger partial charge in [0.25, 0.3) is 0 Å². The number of pyridine rings is 1. The van der Waals surface area contributed by atoms with Crippen LogP contribution in [-0.2, 0) is 0 Å². The highest BCUT2D eigenvalue weighted by Gasteiger charge is 2.23. The van der Waals surface area contributed by atoms with Gasteiger partial charge in [-0.2, -0.15) is 0 Å². The summed E-state index contributed by atoms with van der Waals surface area (Å²) in [5.74, 6) is 0.631. The van der Waals surface area contributed by atoms with Gasteiger partial charge in [0.15, 0.2) is 17.3 Å². The standard InChI is InChI=1S/C16H17NO3/c1-11(13-8-4-5-10-17-13)15(18)12-7-6-9-14(19-2)16(12)20-3/h4-11H,1-3H3. The summed E-state index contributed by atoms with van der Waals surface area (Å²) in [5, 5.41) is 0. The summed E-state index contributed by atoms with van der Waals surface area (Å²) < 4.78 is 10.5. The molecule has 4 nitrogen and oxygen atoms in total. The second kappa shape index (κ2) is 6.19. The van der Waals surface area contributed by atoms with Crippen molar-refractivity contribution < 1.29 is 14.3 Å². The maximum absolute atomic E-state index is 12.6. The molecule has 1 aromatic heterocycles. The van der Waals surface area contributed by atoms with Crippen LogP contribution in [0.5, 0.6) is 11.5 Å². The summed E-state index contributed by atoms with van der Waals surface area (Å²) in [7, 11) is 3.08. The topological polar surface area (TPSA) is 48.4 Å². The largest absolute Gasteiger partial charge is 0.493 e. The predicted octanol–water partition coefficient (Wildman–Crippen LogP) is 3.09. The average Bonchev–Trinajstić information content (AvgIpc) is 2.53. The van der Waals surface area contributed by atoms with Crippen molar-refractivity contribution in [3.8, 4) is 11.5 Å². The number of ketones is 1. The monoisotopic (exact) mass is 271 g/mol. The number of nitrogens with zero attached hydrogens (tertiary/aromatic N) is 1. The van der Waals surface area contributed by atoms with Gasteiger partial charge >= 0.3 is 0 Å². The number of rotatable bonds is 5. The van der Waals surface area contributed by atoms with E-state index in [1.807, 2.05) is 25.1 Å². The number of para-hydroxylation sites is 1. The van der Waals surface area contributed by atoms with Gasteiger partial charge in [-0.15, -0.1) is 0 Å². The molecule has 1 unspecified atom stereocenters. The Morgan fingerprint density at radius 2 is 1.90 bits per heavy atom. The molecule has 0 saturated carbocycles. The first-order valence-corrected chi connectivity index (χ1v) is 6.35. The minimum atomic E-state index is -0.336. The lowest BCUT2D eigenvalue weighted by atomic mass is 9.95. The van der Waals surface area contributed by atoms with E-state index in [0.29, 0.717) is 17.1 Å². The summed E-state index contributed by atoms with van der Waals surface area (Å²) in [5.41, 5.74) is 1.24. The van der Waals surface area contributed by atoms with Crippen LogP contribution in [-0.4, -0.2) is 25.0 Å². The normalized spacial score (nSPS) is 11.8. The molecular weight excluding hydrogens is 254 g/mol. The van der Waals surface area contributed by atoms with Crippen molar-refractivity contribution in [3.05, 3.63) is 53.9 Å². The summed E-state index contributed by atoms with van der Waals surface area (Å²) in [6.45, 7) is 1.84. The molecule has 0 bridgehead atoms. The molecule has 2 rings (SSSR count). The lowest BCUT2D eigenvalue weighted by Gasteiger charge is -2.15. The zero-order chi connectivity index (χ0) is 14.5. The van der Waals surface area contributed by atoms with E-state index in [4.69, 9.17) is 9.47 Å². The number of Topliss-reactive ketones (excluding diaryl/α,β-unsaturated/α-hetero) is 1. The highest BCUT2D eigenvalue weighted by atomic mass is 16.5. The molecule has 0 aliphatic rings. The maximum Gasteiger partial charge on any atom is 0.175 e. The minimum absolute atomic E-state index is 0.0422. The van der Waals surface area contributed by atoms with Gasteiger partial charge in [-0.1, -0.05) is 12.1 Å². The molecule has 2 aromatic rings. The quantitative estimate of drug-likeness (QED) is 0.784. The zero-order valence-electron chi connectivity index (χ0n) is 11.8. The Hall–Kier alpha value is -2.36. The molecule has 1 atom stereocenters. The van der Waals surface area contributed by atoms with Gasteiger partial charge in [-0.3, -0.25) is 9.78 Å². The highest BCUT2D eigenvalue weighted by Crippen LogP contribution is 2.33. The Morgan fingerprint density at radius 1 is 1.10 bits per heavy atom. The molecule has 0 amide bonds. The number of hydrogen-bond acceptors (Lipinski definition) is 4. The van der Waals surface area contributed by atoms with E-state index in [1.165, 1.54) is 7.11 Å². The third-order valence-electron chi connectivity index (χ3n) is 3.19. The fourth-order valence-electron chi connectivity index (χ4n) is 2.08. The van der Waals surface area contributed by atoms with E-state index in [1.54, 1.807) is 31.5 Å². The first-order chi connectivity index (χ1) is 9.69. The van der Waals surface area contributed by atoms with E-state index < -0.39 is 0 Å². The van der Waals surface area contributed by atoms with Crippen LogP contribution in [0, 0.1) is 0 Å². The molecule has 0 aliphatic carbocycles. The van der Waals surface area contributed by atoms with Crippen LogP contribution >= 0.6 is 0 Å². The minimum Gasteiger partial charge on any atom is -0.493 e. The van der Waals surface area contributed by atoms with Gasteiger partial charge in [0.2, 0.25) is 0 Å². The molecule has 4 heteroatoms. The number of aromatic nitrogens is 1. The number of ether oxygens (including phenoxy) is 2. The molecule has 0 fully saturated rings. The highest BCUT2D eigenvalue weighted by molar-refractivity contribution is 6.03. The third kappa shape index (κ3) is 2.64.